The second-order valence-electron chi connectivity index (χ2n) is 7.26. The normalized spacial score (nSPS) is 26.1. The molecule has 0 amide bonds. The van der Waals surface area contributed by atoms with E-state index in [1.54, 1.807) is 0 Å². The van der Waals surface area contributed by atoms with Gasteiger partial charge in [0.1, 0.15) is 11.4 Å². The van der Waals surface area contributed by atoms with Crippen molar-refractivity contribution in [3.05, 3.63) is 29.8 Å². The van der Waals surface area contributed by atoms with Crippen molar-refractivity contribution in [1.29, 1.82) is 0 Å². The van der Waals surface area contributed by atoms with Crippen LogP contribution in [0.5, 0.6) is 5.75 Å². The van der Waals surface area contributed by atoms with Crippen LogP contribution in [0, 0.1) is 5.92 Å². The van der Waals surface area contributed by atoms with Gasteiger partial charge in [0.2, 0.25) is 0 Å². The number of fused-ring (bicyclic) bond motifs is 1. The summed E-state index contributed by atoms with van der Waals surface area (Å²) in [6, 6.07) is 9.43. The molecule has 1 N–H and O–H groups in total. The fourth-order valence-corrected chi connectivity index (χ4v) is 4.16. The molecule has 1 heterocycles. The maximum absolute atomic E-state index is 6.18. The van der Waals surface area contributed by atoms with E-state index in [9.17, 15) is 0 Å². The minimum Gasteiger partial charge on any atom is -0.486 e. The summed E-state index contributed by atoms with van der Waals surface area (Å²) < 4.78 is 6.18. The molecule has 2 atom stereocenters. The molecular weight excluding hydrogens is 258 g/mol. The van der Waals surface area contributed by atoms with Crippen molar-refractivity contribution in [2.24, 2.45) is 5.92 Å². The minimum atomic E-state index is -0.161. The lowest BCUT2D eigenvalue weighted by molar-refractivity contribution is 0.0826. The number of rotatable bonds is 4. The minimum absolute atomic E-state index is 0.161. The zero-order valence-corrected chi connectivity index (χ0v) is 13.7. The molecule has 1 aliphatic carbocycles. The summed E-state index contributed by atoms with van der Waals surface area (Å²) in [5.41, 5.74) is 1.17. The molecule has 1 aromatic carbocycles. The molecule has 1 saturated carbocycles. The van der Waals surface area contributed by atoms with Crippen molar-refractivity contribution in [2.75, 3.05) is 0 Å². The molecule has 0 aromatic heterocycles. The highest BCUT2D eigenvalue weighted by Gasteiger charge is 2.42. The van der Waals surface area contributed by atoms with E-state index in [2.05, 4.69) is 50.4 Å². The van der Waals surface area contributed by atoms with Gasteiger partial charge in [-0.05, 0) is 45.1 Å². The Hall–Kier alpha value is -1.02. The molecule has 21 heavy (non-hydrogen) atoms. The lowest BCUT2D eigenvalue weighted by atomic mass is 9.81. The van der Waals surface area contributed by atoms with E-state index in [0.717, 1.165) is 11.7 Å². The standard InChI is InChI=1S/C19H29NO/c1-4-16(14-10-6-5-7-11-14)20-18-15-12-8-9-13-17(15)21-19(18,2)3/h8-9,12-14,16,18,20H,4-7,10-11H2,1-3H3. The topological polar surface area (TPSA) is 21.3 Å². The van der Waals surface area contributed by atoms with E-state index in [-0.39, 0.29) is 5.60 Å². The number of hydrogen-bond acceptors (Lipinski definition) is 2. The van der Waals surface area contributed by atoms with Gasteiger partial charge in [-0.2, -0.15) is 0 Å². The summed E-state index contributed by atoms with van der Waals surface area (Å²) in [5.74, 6) is 1.89. The highest BCUT2D eigenvalue weighted by atomic mass is 16.5. The Bertz CT molecular complexity index is 476. The first-order chi connectivity index (χ1) is 10.1. The van der Waals surface area contributed by atoms with Gasteiger partial charge < -0.3 is 10.1 Å². The van der Waals surface area contributed by atoms with E-state index < -0.39 is 0 Å². The Morgan fingerprint density at radius 2 is 1.90 bits per heavy atom. The van der Waals surface area contributed by atoms with Crippen LogP contribution in [0.2, 0.25) is 0 Å². The molecule has 0 spiro atoms. The summed E-state index contributed by atoms with van der Waals surface area (Å²) >= 11 is 0. The summed E-state index contributed by atoms with van der Waals surface area (Å²) in [5, 5.41) is 3.96. The van der Waals surface area contributed by atoms with Crippen LogP contribution >= 0.6 is 0 Å². The number of benzene rings is 1. The van der Waals surface area contributed by atoms with E-state index in [1.807, 2.05) is 0 Å². The van der Waals surface area contributed by atoms with Gasteiger partial charge in [-0.25, -0.2) is 0 Å². The molecule has 2 heteroatoms. The maximum atomic E-state index is 6.18. The maximum Gasteiger partial charge on any atom is 0.125 e. The molecule has 1 aromatic rings. The zero-order chi connectivity index (χ0) is 14.9. The summed E-state index contributed by atoms with van der Waals surface area (Å²) in [4.78, 5) is 0. The quantitative estimate of drug-likeness (QED) is 0.855. The Balaban J connectivity index is 1.78. The molecule has 116 valence electrons. The van der Waals surface area contributed by atoms with Gasteiger partial charge in [-0.15, -0.1) is 0 Å². The number of ether oxygens (including phenoxy) is 1. The number of hydrogen-bond donors (Lipinski definition) is 1. The molecule has 0 saturated heterocycles. The monoisotopic (exact) mass is 287 g/mol. The Kier molecular flexibility index (Phi) is 4.26. The molecule has 0 bridgehead atoms. The fraction of sp³-hybridized carbons (Fsp3) is 0.684. The van der Waals surface area contributed by atoms with Gasteiger partial charge >= 0.3 is 0 Å². The largest absolute Gasteiger partial charge is 0.486 e. The third-order valence-electron chi connectivity index (χ3n) is 5.34. The Morgan fingerprint density at radius 1 is 1.19 bits per heavy atom. The molecule has 1 fully saturated rings. The van der Waals surface area contributed by atoms with Crippen LogP contribution in [-0.4, -0.2) is 11.6 Å². The number of para-hydroxylation sites is 1. The lowest BCUT2D eigenvalue weighted by Crippen LogP contribution is -2.46. The van der Waals surface area contributed by atoms with E-state index >= 15 is 0 Å². The first-order valence-electron chi connectivity index (χ1n) is 8.66. The average molecular weight is 287 g/mol. The van der Waals surface area contributed by atoms with Crippen LogP contribution in [-0.2, 0) is 0 Å². The van der Waals surface area contributed by atoms with Crippen LogP contribution in [0.15, 0.2) is 24.3 Å². The van der Waals surface area contributed by atoms with E-state index in [4.69, 9.17) is 4.74 Å². The van der Waals surface area contributed by atoms with Crippen molar-refractivity contribution in [2.45, 2.75) is 77.0 Å². The van der Waals surface area contributed by atoms with Crippen molar-refractivity contribution in [1.82, 2.24) is 5.32 Å². The number of nitrogens with one attached hydrogen (secondary N) is 1. The third kappa shape index (κ3) is 2.96. The highest BCUT2D eigenvalue weighted by Crippen LogP contribution is 2.43. The van der Waals surface area contributed by atoms with Crippen molar-refractivity contribution in [3.63, 3.8) is 0 Å². The molecule has 0 radical (unpaired) electrons. The SMILES string of the molecule is CCC(NC1c2ccccc2OC1(C)C)C1CCCCC1. The van der Waals surface area contributed by atoms with Crippen LogP contribution in [0.4, 0.5) is 0 Å². The van der Waals surface area contributed by atoms with Crippen molar-refractivity contribution in [3.8, 4) is 5.75 Å². The predicted octanol–water partition coefficient (Wildman–Crippen LogP) is 4.85. The molecule has 1 aliphatic heterocycles. The van der Waals surface area contributed by atoms with Crippen LogP contribution in [0.3, 0.4) is 0 Å². The molecule has 2 aliphatic rings. The van der Waals surface area contributed by atoms with Crippen LogP contribution < -0.4 is 10.1 Å². The Labute approximate surface area is 129 Å². The van der Waals surface area contributed by atoms with Gasteiger partial charge in [-0.1, -0.05) is 44.4 Å². The van der Waals surface area contributed by atoms with Crippen LogP contribution in [0.25, 0.3) is 0 Å². The molecular formula is C19H29NO. The van der Waals surface area contributed by atoms with Gasteiger partial charge in [0.15, 0.2) is 0 Å². The van der Waals surface area contributed by atoms with E-state index in [1.165, 1.54) is 44.1 Å². The average Bonchev–Trinajstić information content (AvgIpc) is 2.75. The van der Waals surface area contributed by atoms with Gasteiger partial charge in [0.25, 0.3) is 0 Å². The predicted molar refractivity (Wildman–Crippen MR) is 87.7 cm³/mol. The Morgan fingerprint density at radius 3 is 2.62 bits per heavy atom. The molecule has 2 unspecified atom stereocenters. The second-order valence-corrected chi connectivity index (χ2v) is 7.26. The first kappa shape index (κ1) is 14.9. The second kappa shape index (κ2) is 6.00. The zero-order valence-electron chi connectivity index (χ0n) is 13.7. The van der Waals surface area contributed by atoms with Crippen molar-refractivity contribution < 1.29 is 4.74 Å². The highest BCUT2D eigenvalue weighted by molar-refractivity contribution is 5.42. The first-order valence-corrected chi connectivity index (χ1v) is 8.66. The molecule has 3 rings (SSSR count). The van der Waals surface area contributed by atoms with Crippen molar-refractivity contribution >= 4 is 0 Å². The summed E-state index contributed by atoms with van der Waals surface area (Å²) in [6.07, 6.45) is 8.23. The fourth-order valence-electron chi connectivity index (χ4n) is 4.16. The van der Waals surface area contributed by atoms with Crippen LogP contribution in [0.1, 0.15) is 70.9 Å². The van der Waals surface area contributed by atoms with Gasteiger partial charge in [0.05, 0.1) is 6.04 Å². The van der Waals surface area contributed by atoms with Gasteiger partial charge in [-0.3, -0.25) is 0 Å². The summed E-state index contributed by atoms with van der Waals surface area (Å²) in [6.45, 7) is 6.73. The lowest BCUT2D eigenvalue weighted by Gasteiger charge is -2.36. The smallest absolute Gasteiger partial charge is 0.125 e. The van der Waals surface area contributed by atoms with E-state index in [0.29, 0.717) is 12.1 Å². The third-order valence-corrected chi connectivity index (χ3v) is 5.34. The molecule has 2 nitrogen and oxygen atoms in total. The van der Waals surface area contributed by atoms with Gasteiger partial charge in [0, 0.05) is 11.6 Å². The summed E-state index contributed by atoms with van der Waals surface area (Å²) in [7, 11) is 0.